The summed E-state index contributed by atoms with van der Waals surface area (Å²) in [5.74, 6) is -1.30. The zero-order valence-corrected chi connectivity index (χ0v) is 9.00. The summed E-state index contributed by atoms with van der Waals surface area (Å²) in [5.41, 5.74) is 0. The molecule has 1 amide bonds. The molecule has 6 heteroatoms. The van der Waals surface area contributed by atoms with Crippen LogP contribution in [0.3, 0.4) is 0 Å². The third-order valence-corrected chi connectivity index (χ3v) is 3.38. The number of ether oxygens (including phenoxy) is 1. The Balaban J connectivity index is 2.25. The van der Waals surface area contributed by atoms with E-state index in [9.17, 15) is 14.7 Å². The quantitative estimate of drug-likeness (QED) is 0.648. The van der Waals surface area contributed by atoms with E-state index in [0.717, 1.165) is 0 Å². The minimum Gasteiger partial charge on any atom is -0.480 e. The molecule has 90 valence electrons. The Hall–Kier alpha value is -1.14. The molecular formula is C10H15NO5. The van der Waals surface area contributed by atoms with Crippen LogP contribution in [-0.2, 0) is 14.3 Å². The van der Waals surface area contributed by atoms with Crippen molar-refractivity contribution in [2.24, 2.45) is 0 Å². The highest BCUT2D eigenvalue weighted by Crippen LogP contribution is 2.34. The number of aliphatic hydroxyl groups is 1. The first-order chi connectivity index (χ1) is 7.54. The van der Waals surface area contributed by atoms with Crippen molar-refractivity contribution in [3.63, 3.8) is 0 Å². The Morgan fingerprint density at radius 1 is 1.50 bits per heavy atom. The number of carboxylic acid groups (broad SMARTS) is 1. The van der Waals surface area contributed by atoms with Gasteiger partial charge in [0.15, 0.2) is 0 Å². The van der Waals surface area contributed by atoms with E-state index in [1.807, 2.05) is 0 Å². The van der Waals surface area contributed by atoms with Crippen molar-refractivity contribution < 1.29 is 24.5 Å². The van der Waals surface area contributed by atoms with Gasteiger partial charge in [-0.1, -0.05) is 0 Å². The second kappa shape index (κ2) is 4.03. The molecule has 0 aromatic carbocycles. The molecule has 2 N–H and O–H groups in total. The van der Waals surface area contributed by atoms with Gasteiger partial charge in [0.1, 0.15) is 6.04 Å². The number of aliphatic carboxylic acids is 1. The van der Waals surface area contributed by atoms with Gasteiger partial charge in [0, 0.05) is 13.5 Å². The smallest absolute Gasteiger partial charge is 0.326 e. The fraction of sp³-hybridized carbons (Fsp3) is 0.800. The third kappa shape index (κ3) is 1.68. The van der Waals surface area contributed by atoms with Crippen molar-refractivity contribution in [1.29, 1.82) is 0 Å². The first-order valence-electron chi connectivity index (χ1n) is 5.29. The van der Waals surface area contributed by atoms with Crippen molar-refractivity contribution in [1.82, 2.24) is 4.90 Å². The minimum atomic E-state index is -1.01. The normalized spacial score (nSPS) is 38.6. The molecule has 0 bridgehead atoms. The number of nitrogens with zero attached hydrogens (tertiary/aromatic N) is 1. The van der Waals surface area contributed by atoms with E-state index in [0.29, 0.717) is 12.8 Å². The van der Waals surface area contributed by atoms with Gasteiger partial charge < -0.3 is 19.8 Å². The lowest BCUT2D eigenvalue weighted by Crippen LogP contribution is -2.52. The van der Waals surface area contributed by atoms with Crippen LogP contribution >= 0.6 is 0 Å². The van der Waals surface area contributed by atoms with Crippen LogP contribution in [0.2, 0.25) is 0 Å². The molecule has 2 aliphatic heterocycles. The number of amides is 1. The Bertz CT molecular complexity index is 318. The van der Waals surface area contributed by atoms with Crippen LogP contribution in [0.15, 0.2) is 0 Å². The molecule has 0 aromatic rings. The summed E-state index contributed by atoms with van der Waals surface area (Å²) < 4.78 is 5.19. The van der Waals surface area contributed by atoms with Gasteiger partial charge in [-0.25, -0.2) is 4.79 Å². The number of carbonyl (C=O) groups excluding carboxylic acids is 1. The molecule has 0 spiro atoms. The molecule has 2 aliphatic rings. The van der Waals surface area contributed by atoms with Gasteiger partial charge in [0.2, 0.25) is 5.91 Å². The summed E-state index contributed by atoms with van der Waals surface area (Å²) in [6.07, 6.45) is -0.265. The highest BCUT2D eigenvalue weighted by atomic mass is 16.5. The number of carbonyl (C=O) groups is 2. The summed E-state index contributed by atoms with van der Waals surface area (Å²) in [6.45, 7) is 0. The molecule has 2 saturated heterocycles. The largest absolute Gasteiger partial charge is 0.480 e. The van der Waals surface area contributed by atoms with Crippen molar-refractivity contribution in [2.75, 3.05) is 7.11 Å². The van der Waals surface area contributed by atoms with E-state index >= 15 is 0 Å². The predicted molar refractivity (Wildman–Crippen MR) is 52.7 cm³/mol. The molecule has 2 heterocycles. The van der Waals surface area contributed by atoms with Gasteiger partial charge in [0.05, 0.1) is 24.7 Å². The molecule has 2 rings (SSSR count). The zero-order chi connectivity index (χ0) is 11.9. The number of methoxy groups -OCH3 is 1. The Morgan fingerprint density at radius 3 is 2.75 bits per heavy atom. The molecule has 0 saturated carbocycles. The molecule has 2 fully saturated rings. The lowest BCUT2D eigenvalue weighted by Gasteiger charge is -2.35. The standard InChI is InChI=1S/C10H15NO5/c1-16-8-4-7(10(14)15)11-6(8)2-5(12)3-9(11)13/h5-8,12H,2-4H2,1H3,(H,14,15)/t5?,6?,7?,8-/m0/s1. The number of fused-ring (bicyclic) bond motifs is 1. The second-order valence-electron chi connectivity index (χ2n) is 4.33. The molecule has 6 nitrogen and oxygen atoms in total. The lowest BCUT2D eigenvalue weighted by molar-refractivity contribution is -0.154. The summed E-state index contributed by atoms with van der Waals surface area (Å²) in [5, 5.41) is 18.6. The van der Waals surface area contributed by atoms with E-state index < -0.39 is 18.1 Å². The summed E-state index contributed by atoms with van der Waals surface area (Å²) >= 11 is 0. The van der Waals surface area contributed by atoms with Crippen molar-refractivity contribution in [3.8, 4) is 0 Å². The van der Waals surface area contributed by atoms with Crippen molar-refractivity contribution in [2.45, 2.75) is 43.6 Å². The zero-order valence-electron chi connectivity index (χ0n) is 9.00. The fourth-order valence-electron chi connectivity index (χ4n) is 2.67. The molecule has 0 aromatic heterocycles. The number of aliphatic hydroxyl groups excluding tert-OH is 1. The monoisotopic (exact) mass is 229 g/mol. The van der Waals surface area contributed by atoms with Crippen LogP contribution in [-0.4, -0.2) is 58.4 Å². The molecule has 0 aliphatic carbocycles. The van der Waals surface area contributed by atoms with Crippen LogP contribution < -0.4 is 0 Å². The highest BCUT2D eigenvalue weighted by molar-refractivity contribution is 5.85. The Morgan fingerprint density at radius 2 is 2.19 bits per heavy atom. The molecule has 0 radical (unpaired) electrons. The number of hydrogen-bond acceptors (Lipinski definition) is 4. The van der Waals surface area contributed by atoms with E-state index in [1.165, 1.54) is 12.0 Å². The van der Waals surface area contributed by atoms with Crippen molar-refractivity contribution in [3.05, 3.63) is 0 Å². The fourth-order valence-corrected chi connectivity index (χ4v) is 2.67. The summed E-state index contributed by atoms with van der Waals surface area (Å²) in [4.78, 5) is 24.1. The SMILES string of the molecule is CO[C@H]1CC(C(=O)O)N2C(=O)CC(O)CC12. The average Bonchev–Trinajstić information content (AvgIpc) is 2.56. The Kier molecular flexibility index (Phi) is 2.86. The van der Waals surface area contributed by atoms with Crippen LogP contribution in [0, 0.1) is 0 Å². The van der Waals surface area contributed by atoms with Gasteiger partial charge >= 0.3 is 5.97 Å². The van der Waals surface area contributed by atoms with E-state index in [4.69, 9.17) is 9.84 Å². The van der Waals surface area contributed by atoms with Crippen LogP contribution in [0.5, 0.6) is 0 Å². The Labute approximate surface area is 92.8 Å². The number of carboxylic acids is 1. The minimum absolute atomic E-state index is 0.0106. The number of piperidine rings is 1. The second-order valence-corrected chi connectivity index (χ2v) is 4.33. The molecule has 4 atom stereocenters. The molecular weight excluding hydrogens is 214 g/mol. The topological polar surface area (TPSA) is 87.1 Å². The maximum atomic E-state index is 11.7. The van der Waals surface area contributed by atoms with Gasteiger partial charge in [-0.2, -0.15) is 0 Å². The van der Waals surface area contributed by atoms with Gasteiger partial charge in [-0.05, 0) is 6.42 Å². The van der Waals surface area contributed by atoms with E-state index in [-0.39, 0.29) is 24.5 Å². The number of hydrogen-bond donors (Lipinski definition) is 2. The van der Waals surface area contributed by atoms with Gasteiger partial charge in [-0.15, -0.1) is 0 Å². The first kappa shape index (κ1) is 11.3. The molecule has 16 heavy (non-hydrogen) atoms. The van der Waals surface area contributed by atoms with Crippen LogP contribution in [0.1, 0.15) is 19.3 Å². The maximum absolute atomic E-state index is 11.7. The third-order valence-electron chi connectivity index (χ3n) is 3.38. The maximum Gasteiger partial charge on any atom is 0.326 e. The predicted octanol–water partition coefficient (Wildman–Crippen LogP) is -0.790. The van der Waals surface area contributed by atoms with Crippen LogP contribution in [0.4, 0.5) is 0 Å². The van der Waals surface area contributed by atoms with Crippen molar-refractivity contribution >= 4 is 11.9 Å². The average molecular weight is 229 g/mol. The van der Waals surface area contributed by atoms with Crippen LogP contribution in [0.25, 0.3) is 0 Å². The first-order valence-corrected chi connectivity index (χ1v) is 5.29. The number of rotatable bonds is 2. The lowest BCUT2D eigenvalue weighted by atomic mass is 9.98. The van der Waals surface area contributed by atoms with E-state index in [2.05, 4.69) is 0 Å². The summed E-state index contributed by atoms with van der Waals surface area (Å²) in [7, 11) is 1.50. The van der Waals surface area contributed by atoms with Gasteiger partial charge in [-0.3, -0.25) is 4.79 Å². The van der Waals surface area contributed by atoms with Gasteiger partial charge in [0.25, 0.3) is 0 Å². The summed E-state index contributed by atoms with van der Waals surface area (Å²) in [6, 6.07) is -1.11. The highest BCUT2D eigenvalue weighted by Gasteiger charge is 2.50. The van der Waals surface area contributed by atoms with E-state index in [1.54, 1.807) is 0 Å². The molecule has 3 unspecified atom stereocenters.